The van der Waals surface area contributed by atoms with Crippen LogP contribution in [-0.2, 0) is 13.5 Å². The summed E-state index contributed by atoms with van der Waals surface area (Å²) in [5.41, 5.74) is 0. The lowest BCUT2D eigenvalue weighted by atomic mass is 10.3. The predicted molar refractivity (Wildman–Crippen MR) is 66.5 cm³/mol. The molecule has 0 N–H and O–H groups in total. The summed E-state index contributed by atoms with van der Waals surface area (Å²) in [5.74, 6) is 1.15. The first-order chi connectivity index (χ1) is 8.16. The molecule has 0 radical (unpaired) electrons. The highest BCUT2D eigenvalue weighted by Gasteiger charge is 2.04. The Bertz CT molecular complexity index is 513. The second kappa shape index (κ2) is 5.31. The average Bonchev–Trinajstić information content (AvgIpc) is 2.70. The monoisotopic (exact) mass is 298 g/mol. The van der Waals surface area contributed by atoms with Gasteiger partial charge < -0.3 is 9.30 Å². The molecule has 2 aromatic rings. The van der Waals surface area contributed by atoms with Crippen LogP contribution in [0.2, 0.25) is 0 Å². The maximum atomic E-state index is 13.0. The Morgan fingerprint density at radius 1 is 1.47 bits per heavy atom. The Balaban J connectivity index is 1.94. The molecule has 2 rings (SSSR count). The lowest BCUT2D eigenvalue weighted by molar-refractivity contribution is 0.314. The fourth-order valence-electron chi connectivity index (χ4n) is 1.48. The molecule has 0 unspecified atom stereocenters. The second-order valence-corrected chi connectivity index (χ2v) is 4.48. The molecule has 0 fully saturated rings. The Kier molecular flexibility index (Phi) is 3.78. The minimum absolute atomic E-state index is 0.305. The van der Waals surface area contributed by atoms with E-state index in [0.717, 1.165) is 10.3 Å². The summed E-state index contributed by atoms with van der Waals surface area (Å²) in [5, 5.41) is 0. The SMILES string of the molecule is Cn1ccnc1CCOc1cc(F)ccc1Br. The highest BCUT2D eigenvalue weighted by atomic mass is 79.9. The van der Waals surface area contributed by atoms with Gasteiger partial charge >= 0.3 is 0 Å². The molecular weight excluding hydrogens is 287 g/mol. The topological polar surface area (TPSA) is 27.1 Å². The molecule has 17 heavy (non-hydrogen) atoms. The number of ether oxygens (including phenoxy) is 1. The minimum Gasteiger partial charge on any atom is -0.492 e. The van der Waals surface area contributed by atoms with Gasteiger partial charge in [-0.1, -0.05) is 0 Å². The maximum Gasteiger partial charge on any atom is 0.136 e. The van der Waals surface area contributed by atoms with Gasteiger partial charge in [0.1, 0.15) is 17.4 Å². The van der Waals surface area contributed by atoms with Crippen molar-refractivity contribution >= 4 is 15.9 Å². The third kappa shape index (κ3) is 3.06. The van der Waals surface area contributed by atoms with Crippen LogP contribution < -0.4 is 4.74 Å². The van der Waals surface area contributed by atoms with Crippen molar-refractivity contribution in [2.45, 2.75) is 6.42 Å². The standard InChI is InChI=1S/C12H12BrFN2O/c1-16-6-5-15-12(16)4-7-17-11-8-9(14)2-3-10(11)13/h2-3,5-6,8H,4,7H2,1H3. The summed E-state index contributed by atoms with van der Waals surface area (Å²) in [4.78, 5) is 4.18. The Morgan fingerprint density at radius 3 is 3.00 bits per heavy atom. The number of hydrogen-bond donors (Lipinski definition) is 0. The molecule has 0 bridgehead atoms. The molecule has 3 nitrogen and oxygen atoms in total. The van der Waals surface area contributed by atoms with E-state index in [-0.39, 0.29) is 5.82 Å². The first-order valence-corrected chi connectivity index (χ1v) is 6.00. The zero-order valence-corrected chi connectivity index (χ0v) is 10.9. The lowest BCUT2D eigenvalue weighted by Gasteiger charge is -2.08. The normalized spacial score (nSPS) is 10.5. The van der Waals surface area contributed by atoms with E-state index in [1.54, 1.807) is 12.3 Å². The van der Waals surface area contributed by atoms with Crippen molar-refractivity contribution in [3.05, 3.63) is 46.7 Å². The highest BCUT2D eigenvalue weighted by molar-refractivity contribution is 9.10. The van der Waals surface area contributed by atoms with Crippen LogP contribution >= 0.6 is 15.9 Å². The highest BCUT2D eigenvalue weighted by Crippen LogP contribution is 2.25. The summed E-state index contributed by atoms with van der Waals surface area (Å²) in [6, 6.07) is 4.38. The van der Waals surface area contributed by atoms with Crippen molar-refractivity contribution in [1.82, 2.24) is 9.55 Å². The average molecular weight is 299 g/mol. The molecule has 0 saturated heterocycles. The third-order valence-electron chi connectivity index (χ3n) is 2.40. The van der Waals surface area contributed by atoms with Gasteiger partial charge in [0.2, 0.25) is 0 Å². The molecule has 0 aliphatic carbocycles. The Labute approximate surface area is 107 Å². The summed E-state index contributed by atoms with van der Waals surface area (Å²) < 4.78 is 21.2. The van der Waals surface area contributed by atoms with Crippen LogP contribution in [0.5, 0.6) is 5.75 Å². The first-order valence-electron chi connectivity index (χ1n) is 5.21. The summed E-state index contributed by atoms with van der Waals surface area (Å²) in [6.45, 7) is 0.465. The quantitative estimate of drug-likeness (QED) is 0.868. The van der Waals surface area contributed by atoms with E-state index in [9.17, 15) is 4.39 Å². The molecule has 1 heterocycles. The van der Waals surface area contributed by atoms with Crippen LogP contribution in [0.4, 0.5) is 4.39 Å². The van der Waals surface area contributed by atoms with E-state index in [1.807, 2.05) is 17.8 Å². The van der Waals surface area contributed by atoms with Crippen molar-refractivity contribution in [3.8, 4) is 5.75 Å². The number of benzene rings is 1. The smallest absolute Gasteiger partial charge is 0.136 e. The molecule has 90 valence electrons. The Morgan fingerprint density at radius 2 is 2.29 bits per heavy atom. The number of imidazole rings is 1. The van der Waals surface area contributed by atoms with Gasteiger partial charge in [-0.25, -0.2) is 9.37 Å². The molecule has 0 amide bonds. The number of rotatable bonds is 4. The zero-order valence-electron chi connectivity index (χ0n) is 9.36. The Hall–Kier alpha value is -1.36. The van der Waals surface area contributed by atoms with E-state index in [1.165, 1.54) is 12.1 Å². The largest absolute Gasteiger partial charge is 0.492 e. The lowest BCUT2D eigenvalue weighted by Crippen LogP contribution is -2.06. The number of nitrogens with zero attached hydrogens (tertiary/aromatic N) is 2. The van der Waals surface area contributed by atoms with Gasteiger partial charge in [0, 0.05) is 31.9 Å². The van der Waals surface area contributed by atoms with E-state index >= 15 is 0 Å². The van der Waals surface area contributed by atoms with E-state index in [4.69, 9.17) is 4.74 Å². The molecule has 0 spiro atoms. The fourth-order valence-corrected chi connectivity index (χ4v) is 1.84. The molecule has 0 aliphatic heterocycles. The van der Waals surface area contributed by atoms with Gasteiger partial charge in [-0.3, -0.25) is 0 Å². The summed E-state index contributed by atoms with van der Waals surface area (Å²) in [7, 11) is 1.93. The molecule has 0 atom stereocenters. The van der Waals surface area contributed by atoms with Crippen LogP contribution in [-0.4, -0.2) is 16.2 Å². The summed E-state index contributed by atoms with van der Waals surface area (Å²) in [6.07, 6.45) is 4.31. The molecule has 1 aromatic heterocycles. The van der Waals surface area contributed by atoms with Crippen LogP contribution in [0.3, 0.4) is 0 Å². The van der Waals surface area contributed by atoms with Gasteiger partial charge in [0.05, 0.1) is 11.1 Å². The van der Waals surface area contributed by atoms with Gasteiger partial charge in [-0.15, -0.1) is 0 Å². The number of aryl methyl sites for hydroxylation is 1. The van der Waals surface area contributed by atoms with E-state index in [2.05, 4.69) is 20.9 Å². The molecule has 0 aliphatic rings. The zero-order chi connectivity index (χ0) is 12.3. The van der Waals surface area contributed by atoms with Crippen molar-refractivity contribution in [3.63, 3.8) is 0 Å². The predicted octanol–water partition coefficient (Wildman–Crippen LogP) is 2.94. The van der Waals surface area contributed by atoms with Gasteiger partial charge in [-0.2, -0.15) is 0 Å². The number of aromatic nitrogens is 2. The number of hydrogen-bond acceptors (Lipinski definition) is 2. The molecular formula is C12H12BrFN2O. The van der Waals surface area contributed by atoms with E-state index < -0.39 is 0 Å². The van der Waals surface area contributed by atoms with Gasteiger partial charge in [0.25, 0.3) is 0 Å². The van der Waals surface area contributed by atoms with Crippen LogP contribution in [0.25, 0.3) is 0 Å². The van der Waals surface area contributed by atoms with Crippen molar-refractivity contribution in [1.29, 1.82) is 0 Å². The second-order valence-electron chi connectivity index (χ2n) is 3.63. The third-order valence-corrected chi connectivity index (χ3v) is 3.05. The molecule has 1 aromatic carbocycles. The minimum atomic E-state index is -0.305. The van der Waals surface area contributed by atoms with Crippen molar-refractivity contribution in [2.24, 2.45) is 7.05 Å². The maximum absolute atomic E-state index is 13.0. The van der Waals surface area contributed by atoms with Crippen LogP contribution in [0.15, 0.2) is 35.1 Å². The van der Waals surface area contributed by atoms with E-state index in [0.29, 0.717) is 18.8 Å². The van der Waals surface area contributed by atoms with Crippen LogP contribution in [0.1, 0.15) is 5.82 Å². The first kappa shape index (κ1) is 12.1. The van der Waals surface area contributed by atoms with Crippen LogP contribution in [0, 0.1) is 5.82 Å². The number of halogens is 2. The molecule has 5 heteroatoms. The van der Waals surface area contributed by atoms with Crippen molar-refractivity contribution in [2.75, 3.05) is 6.61 Å². The van der Waals surface area contributed by atoms with Crippen molar-refractivity contribution < 1.29 is 9.13 Å². The molecule has 0 saturated carbocycles. The fraction of sp³-hybridized carbons (Fsp3) is 0.250. The summed E-state index contributed by atoms with van der Waals surface area (Å²) >= 11 is 3.31. The van der Waals surface area contributed by atoms with Gasteiger partial charge in [-0.05, 0) is 28.1 Å². The van der Waals surface area contributed by atoms with Gasteiger partial charge in [0.15, 0.2) is 0 Å².